The fourth-order valence-electron chi connectivity index (χ4n) is 3.11. The third-order valence-electron chi connectivity index (χ3n) is 4.73. The predicted molar refractivity (Wildman–Crippen MR) is 106 cm³/mol. The molecule has 26 heavy (non-hydrogen) atoms. The molecule has 0 aliphatic heterocycles. The lowest BCUT2D eigenvalue weighted by Crippen LogP contribution is -2.06. The number of rotatable bonds is 7. The zero-order chi connectivity index (χ0) is 18.1. The Morgan fingerprint density at radius 3 is 3.00 bits per heavy atom. The summed E-state index contributed by atoms with van der Waals surface area (Å²) in [5.74, 6) is 3.44. The molecule has 1 aliphatic rings. The molecule has 134 valence electrons. The van der Waals surface area contributed by atoms with Gasteiger partial charge in [0.25, 0.3) is 0 Å². The zero-order valence-corrected chi connectivity index (χ0v) is 15.8. The first-order chi connectivity index (χ1) is 12.6. The van der Waals surface area contributed by atoms with E-state index in [9.17, 15) is 5.11 Å². The van der Waals surface area contributed by atoms with Crippen LogP contribution in [0.25, 0.3) is 11.1 Å². The number of nitrogens with zero attached hydrogens (tertiary/aromatic N) is 1. The minimum absolute atomic E-state index is 0.377. The van der Waals surface area contributed by atoms with Crippen LogP contribution in [0.4, 0.5) is 5.69 Å². The minimum Gasteiger partial charge on any atom is -0.456 e. The van der Waals surface area contributed by atoms with Crippen LogP contribution < -0.4 is 5.32 Å². The molecule has 0 saturated heterocycles. The molecule has 6 heteroatoms. The fraction of sp³-hybridized carbons (Fsp3) is 0.350. The average molecular weight is 387 g/mol. The van der Waals surface area contributed by atoms with Gasteiger partial charge in [0, 0.05) is 23.9 Å². The lowest BCUT2D eigenvalue weighted by atomic mass is 10.1. The number of anilines is 1. The molecule has 0 amide bonds. The van der Waals surface area contributed by atoms with Crippen molar-refractivity contribution in [3.05, 3.63) is 44.9 Å². The lowest BCUT2D eigenvalue weighted by molar-refractivity contribution is 0.137. The monoisotopic (exact) mass is 386 g/mol. The molecule has 0 radical (unpaired) electrons. The third kappa shape index (κ3) is 3.59. The largest absolute Gasteiger partial charge is 0.456 e. The molecule has 1 aliphatic carbocycles. The molecule has 1 fully saturated rings. The van der Waals surface area contributed by atoms with Crippen LogP contribution in [0, 0.1) is 12.3 Å². The molecular weight excluding hydrogens is 368 g/mol. The van der Waals surface area contributed by atoms with Crippen molar-refractivity contribution >= 4 is 39.7 Å². The molecule has 0 aromatic carbocycles. The summed E-state index contributed by atoms with van der Waals surface area (Å²) in [4.78, 5) is 5.60. The maximum absolute atomic E-state index is 10.0. The van der Waals surface area contributed by atoms with Gasteiger partial charge in [0.1, 0.15) is 16.4 Å². The first kappa shape index (κ1) is 17.4. The first-order valence-corrected chi connectivity index (χ1v) is 9.91. The number of pyridine rings is 1. The smallest absolute Gasteiger partial charge is 0.177 e. The predicted octanol–water partition coefficient (Wildman–Crippen LogP) is 4.98. The Labute approximate surface area is 161 Å². The average Bonchev–Trinajstić information content (AvgIpc) is 3.02. The molecule has 0 bridgehead atoms. The number of aromatic nitrogens is 1. The second-order valence-electron chi connectivity index (χ2n) is 6.73. The van der Waals surface area contributed by atoms with E-state index in [1.165, 1.54) is 4.88 Å². The van der Waals surface area contributed by atoms with Gasteiger partial charge in [0.05, 0.1) is 16.9 Å². The SMILES string of the molecule is C#Cc1c(CCCC2(O)CC2)oc2c(NCc3cccs3)cc(Cl)nc12. The maximum atomic E-state index is 10.0. The van der Waals surface area contributed by atoms with E-state index >= 15 is 0 Å². The second-order valence-corrected chi connectivity index (χ2v) is 8.15. The Kier molecular flexibility index (Phi) is 4.66. The first-order valence-electron chi connectivity index (χ1n) is 8.65. The third-order valence-corrected chi connectivity index (χ3v) is 5.80. The minimum atomic E-state index is -0.461. The highest BCUT2D eigenvalue weighted by Gasteiger charge is 2.39. The summed E-state index contributed by atoms with van der Waals surface area (Å²) in [6, 6.07) is 5.85. The van der Waals surface area contributed by atoms with Crippen molar-refractivity contribution in [3.63, 3.8) is 0 Å². The Morgan fingerprint density at radius 1 is 1.46 bits per heavy atom. The van der Waals surface area contributed by atoms with Gasteiger partial charge >= 0.3 is 0 Å². The number of nitrogens with one attached hydrogen (secondary N) is 1. The maximum Gasteiger partial charge on any atom is 0.177 e. The number of terminal acetylenes is 1. The lowest BCUT2D eigenvalue weighted by Gasteiger charge is -2.06. The van der Waals surface area contributed by atoms with Gasteiger partial charge < -0.3 is 14.8 Å². The topological polar surface area (TPSA) is 58.3 Å². The van der Waals surface area contributed by atoms with Gasteiger partial charge in [-0.3, -0.25) is 0 Å². The molecule has 1 saturated carbocycles. The van der Waals surface area contributed by atoms with E-state index in [4.69, 9.17) is 22.4 Å². The van der Waals surface area contributed by atoms with Crippen LogP contribution in [0.1, 0.15) is 41.9 Å². The van der Waals surface area contributed by atoms with Gasteiger partial charge in [0.2, 0.25) is 0 Å². The number of hydrogen-bond acceptors (Lipinski definition) is 5. The van der Waals surface area contributed by atoms with Crippen molar-refractivity contribution < 1.29 is 9.52 Å². The van der Waals surface area contributed by atoms with Crippen molar-refractivity contribution in [2.75, 3.05) is 5.32 Å². The number of thiophene rings is 1. The van der Waals surface area contributed by atoms with Gasteiger partial charge in [-0.1, -0.05) is 23.6 Å². The van der Waals surface area contributed by atoms with Crippen LogP contribution in [-0.2, 0) is 13.0 Å². The van der Waals surface area contributed by atoms with Gasteiger partial charge in [-0.15, -0.1) is 17.8 Å². The van der Waals surface area contributed by atoms with Crippen molar-refractivity contribution in [1.29, 1.82) is 0 Å². The van der Waals surface area contributed by atoms with E-state index in [0.717, 1.165) is 37.1 Å². The number of furan rings is 1. The summed E-state index contributed by atoms with van der Waals surface area (Å²) in [6.07, 6.45) is 9.79. The normalized spacial score (nSPS) is 15.1. The van der Waals surface area contributed by atoms with Crippen molar-refractivity contribution in [1.82, 2.24) is 4.98 Å². The van der Waals surface area contributed by atoms with Crippen molar-refractivity contribution in [2.45, 2.75) is 44.2 Å². The molecule has 0 spiro atoms. The summed E-state index contributed by atoms with van der Waals surface area (Å²) in [7, 11) is 0. The Hall–Kier alpha value is -2.00. The standard InChI is InChI=1S/C20H19ClN2O2S/c1-2-14-16(6-3-7-20(24)8-9-20)25-19-15(11-17(21)23-18(14)19)22-12-13-5-4-10-26-13/h1,4-5,10-11,24H,3,6-9,12H2,(H,22,23). The number of halogens is 1. The second kappa shape index (κ2) is 6.96. The van der Waals surface area contributed by atoms with Gasteiger partial charge in [-0.2, -0.15) is 0 Å². The molecule has 4 nitrogen and oxygen atoms in total. The summed E-state index contributed by atoms with van der Waals surface area (Å²) in [5, 5.41) is 15.8. The van der Waals surface area contributed by atoms with Crippen LogP contribution in [0.5, 0.6) is 0 Å². The molecule has 3 aromatic heterocycles. The number of aliphatic hydroxyl groups is 1. The van der Waals surface area contributed by atoms with E-state index in [1.54, 1.807) is 17.4 Å². The van der Waals surface area contributed by atoms with Gasteiger partial charge in [-0.05, 0) is 37.1 Å². The number of aryl methyl sites for hydroxylation is 1. The van der Waals surface area contributed by atoms with E-state index in [1.807, 2.05) is 11.4 Å². The van der Waals surface area contributed by atoms with Crippen molar-refractivity contribution in [2.24, 2.45) is 0 Å². The Morgan fingerprint density at radius 2 is 2.31 bits per heavy atom. The van der Waals surface area contributed by atoms with Gasteiger partial charge in [-0.25, -0.2) is 4.98 Å². The zero-order valence-electron chi connectivity index (χ0n) is 14.2. The summed E-state index contributed by atoms with van der Waals surface area (Å²) >= 11 is 7.89. The van der Waals surface area contributed by atoms with E-state index in [-0.39, 0.29) is 0 Å². The number of hydrogen-bond donors (Lipinski definition) is 2. The number of fused-ring (bicyclic) bond motifs is 1. The van der Waals surface area contributed by atoms with Crippen LogP contribution >= 0.6 is 22.9 Å². The summed E-state index contributed by atoms with van der Waals surface area (Å²) in [5.41, 5.74) is 2.24. The van der Waals surface area contributed by atoms with Gasteiger partial charge in [0.15, 0.2) is 5.58 Å². The Balaban J connectivity index is 1.61. The molecule has 0 unspecified atom stereocenters. The molecular formula is C20H19ClN2O2S. The van der Waals surface area contributed by atoms with Crippen LogP contribution in [0.3, 0.4) is 0 Å². The van der Waals surface area contributed by atoms with E-state index < -0.39 is 5.60 Å². The highest BCUT2D eigenvalue weighted by atomic mass is 35.5. The van der Waals surface area contributed by atoms with Crippen molar-refractivity contribution in [3.8, 4) is 12.3 Å². The van der Waals surface area contributed by atoms with E-state index in [2.05, 4.69) is 22.3 Å². The molecule has 2 N–H and O–H groups in total. The highest BCUT2D eigenvalue weighted by Crippen LogP contribution is 2.40. The Bertz CT molecular complexity index is 968. The van der Waals surface area contributed by atoms with Crippen LogP contribution in [0.15, 0.2) is 28.0 Å². The van der Waals surface area contributed by atoms with Crippen LogP contribution in [0.2, 0.25) is 5.15 Å². The molecule has 4 rings (SSSR count). The fourth-order valence-corrected chi connectivity index (χ4v) is 3.94. The highest BCUT2D eigenvalue weighted by molar-refractivity contribution is 7.09. The molecule has 0 atom stereocenters. The quantitative estimate of drug-likeness (QED) is 0.444. The van der Waals surface area contributed by atoms with E-state index in [0.29, 0.717) is 34.8 Å². The molecule has 3 aromatic rings. The molecule has 3 heterocycles. The summed E-state index contributed by atoms with van der Waals surface area (Å²) < 4.78 is 6.08. The summed E-state index contributed by atoms with van der Waals surface area (Å²) in [6.45, 7) is 0.682. The van der Waals surface area contributed by atoms with Crippen LogP contribution in [-0.4, -0.2) is 15.7 Å².